The number of ether oxygens (including phenoxy) is 1. The Hall–Kier alpha value is -3.35. The van der Waals surface area contributed by atoms with Crippen molar-refractivity contribution in [2.24, 2.45) is 4.99 Å². The molecule has 0 spiro atoms. The van der Waals surface area contributed by atoms with Crippen molar-refractivity contribution < 1.29 is 4.74 Å². The normalized spacial score (nSPS) is 11.3. The number of nitrogens with one attached hydrogen (secondary N) is 2. The lowest BCUT2D eigenvalue weighted by molar-refractivity contribution is 0.281. The maximum absolute atomic E-state index is 5.81. The summed E-state index contributed by atoms with van der Waals surface area (Å²) in [4.78, 5) is 10.6. The van der Waals surface area contributed by atoms with Crippen LogP contribution >= 0.6 is 0 Å². The lowest BCUT2D eigenvalue weighted by atomic mass is 10.1. The van der Waals surface area contributed by atoms with Crippen molar-refractivity contribution in [3.05, 3.63) is 66.0 Å². The van der Waals surface area contributed by atoms with Gasteiger partial charge >= 0.3 is 0 Å². The number of aromatic nitrogens is 3. The number of rotatable bonds is 7. The van der Waals surface area contributed by atoms with Crippen molar-refractivity contribution in [2.45, 2.75) is 13.5 Å². The quantitative estimate of drug-likeness (QED) is 0.488. The van der Waals surface area contributed by atoms with Crippen LogP contribution < -0.4 is 10.1 Å². The molecule has 0 saturated carbocycles. The summed E-state index contributed by atoms with van der Waals surface area (Å²) in [5, 5.41) is 10.2. The minimum Gasteiger partial charge on any atom is -0.492 e. The number of aryl methyl sites for hydroxylation is 1. The molecule has 1 heterocycles. The van der Waals surface area contributed by atoms with Gasteiger partial charge in [-0.3, -0.25) is 10.1 Å². The molecular weight excluding hydrogens is 352 g/mol. The Morgan fingerprint density at radius 1 is 1.21 bits per heavy atom. The van der Waals surface area contributed by atoms with E-state index >= 15 is 0 Å². The van der Waals surface area contributed by atoms with Gasteiger partial charge in [0.25, 0.3) is 0 Å². The molecule has 146 valence electrons. The maximum Gasteiger partial charge on any atom is 0.193 e. The first kappa shape index (κ1) is 19.4. The summed E-state index contributed by atoms with van der Waals surface area (Å²) in [6.07, 6.45) is 1.51. The number of hydrogen-bond acceptors (Lipinski definition) is 4. The van der Waals surface area contributed by atoms with Crippen LogP contribution in [0.2, 0.25) is 0 Å². The average molecular weight is 378 g/mol. The first-order valence-electron chi connectivity index (χ1n) is 9.21. The zero-order valence-corrected chi connectivity index (χ0v) is 16.5. The van der Waals surface area contributed by atoms with E-state index in [0.29, 0.717) is 13.2 Å². The highest BCUT2D eigenvalue weighted by Gasteiger charge is 2.07. The average Bonchev–Trinajstić information content (AvgIpc) is 3.25. The van der Waals surface area contributed by atoms with Crippen molar-refractivity contribution in [2.75, 3.05) is 27.2 Å². The van der Waals surface area contributed by atoms with E-state index in [1.165, 1.54) is 11.9 Å². The van der Waals surface area contributed by atoms with Crippen LogP contribution in [-0.2, 0) is 6.54 Å². The number of aromatic amines is 1. The van der Waals surface area contributed by atoms with E-state index in [1.54, 1.807) is 7.05 Å². The topological polar surface area (TPSA) is 78.4 Å². The predicted octanol–water partition coefficient (Wildman–Crippen LogP) is 2.87. The van der Waals surface area contributed by atoms with Crippen molar-refractivity contribution in [3.63, 3.8) is 0 Å². The second kappa shape index (κ2) is 9.55. The van der Waals surface area contributed by atoms with E-state index in [1.807, 2.05) is 43.4 Å². The Morgan fingerprint density at radius 2 is 2.04 bits per heavy atom. The summed E-state index contributed by atoms with van der Waals surface area (Å²) in [7, 11) is 3.78. The van der Waals surface area contributed by atoms with Gasteiger partial charge < -0.3 is 15.0 Å². The molecule has 3 rings (SSSR count). The second-order valence-electron chi connectivity index (χ2n) is 6.52. The number of guanidine groups is 1. The third kappa shape index (κ3) is 5.33. The van der Waals surface area contributed by atoms with Crippen LogP contribution in [0.25, 0.3) is 11.4 Å². The molecule has 3 aromatic rings. The van der Waals surface area contributed by atoms with Crippen molar-refractivity contribution in [3.8, 4) is 17.1 Å². The molecule has 7 heteroatoms. The van der Waals surface area contributed by atoms with E-state index in [9.17, 15) is 0 Å². The molecule has 0 unspecified atom stereocenters. The Labute approximate surface area is 165 Å². The number of H-pyrrole nitrogens is 1. The van der Waals surface area contributed by atoms with E-state index in [2.05, 4.69) is 49.4 Å². The summed E-state index contributed by atoms with van der Waals surface area (Å²) in [6.45, 7) is 4.04. The molecule has 7 nitrogen and oxygen atoms in total. The SMILES string of the molecule is CN=C(NCc1cccc(-c2ncn[nH]2)c1)N(C)CCOc1ccc(C)cc1. The van der Waals surface area contributed by atoms with Gasteiger partial charge in [-0.2, -0.15) is 5.10 Å². The monoisotopic (exact) mass is 378 g/mol. The van der Waals surface area contributed by atoms with Crippen LogP contribution in [0.15, 0.2) is 59.9 Å². The lowest BCUT2D eigenvalue weighted by Crippen LogP contribution is -2.40. The molecule has 0 aliphatic carbocycles. The Kier molecular flexibility index (Phi) is 6.62. The predicted molar refractivity (Wildman–Crippen MR) is 111 cm³/mol. The first-order chi connectivity index (χ1) is 13.7. The van der Waals surface area contributed by atoms with E-state index in [-0.39, 0.29) is 0 Å². The van der Waals surface area contributed by atoms with E-state index < -0.39 is 0 Å². The summed E-state index contributed by atoms with van der Waals surface area (Å²) in [5.41, 5.74) is 3.37. The van der Waals surface area contributed by atoms with Crippen LogP contribution in [0.3, 0.4) is 0 Å². The molecular formula is C21H26N6O. The highest BCUT2D eigenvalue weighted by Crippen LogP contribution is 2.15. The smallest absolute Gasteiger partial charge is 0.193 e. The standard InChI is InChI=1S/C21H26N6O/c1-16-7-9-19(10-8-16)28-12-11-27(3)21(22-2)23-14-17-5-4-6-18(13-17)20-24-15-25-26-20/h4-10,13,15H,11-12,14H2,1-3H3,(H,22,23)(H,24,25,26). The van der Waals surface area contributed by atoms with Gasteiger partial charge in [-0.15, -0.1) is 0 Å². The Balaban J connectivity index is 1.50. The summed E-state index contributed by atoms with van der Waals surface area (Å²) in [6, 6.07) is 16.2. The number of benzene rings is 2. The third-order valence-electron chi connectivity index (χ3n) is 4.36. The van der Waals surface area contributed by atoms with Crippen molar-refractivity contribution in [1.82, 2.24) is 25.4 Å². The van der Waals surface area contributed by atoms with Crippen LogP contribution in [0.4, 0.5) is 0 Å². The van der Waals surface area contributed by atoms with Gasteiger partial charge in [0, 0.05) is 26.2 Å². The Bertz CT molecular complexity index is 890. The molecule has 0 aliphatic rings. The minimum atomic E-state index is 0.585. The Morgan fingerprint density at radius 3 is 2.75 bits per heavy atom. The highest BCUT2D eigenvalue weighted by atomic mass is 16.5. The fourth-order valence-electron chi connectivity index (χ4n) is 2.78. The number of likely N-dealkylation sites (N-methyl/N-ethyl adjacent to an activating group) is 1. The second-order valence-corrected chi connectivity index (χ2v) is 6.52. The molecule has 0 radical (unpaired) electrons. The van der Waals surface area contributed by atoms with Crippen LogP contribution in [0.1, 0.15) is 11.1 Å². The van der Waals surface area contributed by atoms with Crippen LogP contribution in [-0.4, -0.2) is 53.3 Å². The molecule has 0 fully saturated rings. The summed E-state index contributed by atoms with van der Waals surface area (Å²) < 4.78 is 5.81. The van der Waals surface area contributed by atoms with Gasteiger partial charge in [-0.1, -0.05) is 35.9 Å². The molecule has 0 aliphatic heterocycles. The molecule has 28 heavy (non-hydrogen) atoms. The molecule has 2 N–H and O–H groups in total. The van der Waals surface area contributed by atoms with E-state index in [4.69, 9.17) is 4.74 Å². The largest absolute Gasteiger partial charge is 0.492 e. The zero-order valence-electron chi connectivity index (χ0n) is 16.5. The molecule has 0 amide bonds. The van der Waals surface area contributed by atoms with Gasteiger partial charge in [-0.05, 0) is 30.7 Å². The number of aliphatic imine (C=N–C) groups is 1. The molecule has 2 aromatic carbocycles. The molecule has 0 atom stereocenters. The van der Waals surface area contributed by atoms with Gasteiger partial charge in [0.05, 0.1) is 6.54 Å². The minimum absolute atomic E-state index is 0.585. The van der Waals surface area contributed by atoms with Gasteiger partial charge in [0.15, 0.2) is 11.8 Å². The highest BCUT2D eigenvalue weighted by molar-refractivity contribution is 5.79. The van der Waals surface area contributed by atoms with Crippen molar-refractivity contribution >= 4 is 5.96 Å². The number of nitrogens with zero attached hydrogens (tertiary/aromatic N) is 4. The van der Waals surface area contributed by atoms with Gasteiger partial charge in [-0.25, -0.2) is 4.98 Å². The molecule has 0 bridgehead atoms. The summed E-state index contributed by atoms with van der Waals surface area (Å²) in [5.74, 6) is 2.46. The zero-order chi connectivity index (χ0) is 19.8. The number of hydrogen-bond donors (Lipinski definition) is 2. The van der Waals surface area contributed by atoms with Crippen LogP contribution in [0.5, 0.6) is 5.75 Å². The molecule has 1 aromatic heterocycles. The van der Waals surface area contributed by atoms with Gasteiger partial charge in [0.1, 0.15) is 18.7 Å². The van der Waals surface area contributed by atoms with E-state index in [0.717, 1.165) is 35.2 Å². The fraction of sp³-hybridized carbons (Fsp3) is 0.286. The third-order valence-corrected chi connectivity index (χ3v) is 4.36. The van der Waals surface area contributed by atoms with Crippen molar-refractivity contribution in [1.29, 1.82) is 0 Å². The first-order valence-corrected chi connectivity index (χ1v) is 9.21. The molecule has 0 saturated heterocycles. The lowest BCUT2D eigenvalue weighted by Gasteiger charge is -2.22. The maximum atomic E-state index is 5.81. The van der Waals surface area contributed by atoms with Crippen LogP contribution in [0, 0.1) is 6.92 Å². The van der Waals surface area contributed by atoms with Gasteiger partial charge in [0.2, 0.25) is 0 Å². The fourth-order valence-corrected chi connectivity index (χ4v) is 2.78. The summed E-state index contributed by atoms with van der Waals surface area (Å²) >= 11 is 0.